The van der Waals surface area contributed by atoms with Crippen LogP contribution in [0.2, 0.25) is 0 Å². The molecule has 3 heterocycles. The fourth-order valence-electron chi connectivity index (χ4n) is 2.03. The highest BCUT2D eigenvalue weighted by atomic mass is 32.1. The molecule has 3 aromatic rings. The number of hydrogen-bond donors (Lipinski definition) is 1. The van der Waals surface area contributed by atoms with Crippen molar-refractivity contribution in [2.45, 2.75) is 19.9 Å². The maximum absolute atomic E-state index is 12.0. The van der Waals surface area contributed by atoms with Crippen molar-refractivity contribution in [2.75, 3.05) is 6.54 Å². The highest BCUT2D eigenvalue weighted by Gasteiger charge is 2.14. The number of hydrogen-bond acceptors (Lipinski definition) is 5. The van der Waals surface area contributed by atoms with Crippen molar-refractivity contribution in [3.05, 3.63) is 47.5 Å². The first-order valence-corrected chi connectivity index (χ1v) is 7.86. The van der Waals surface area contributed by atoms with Crippen LogP contribution in [0.3, 0.4) is 0 Å². The molecule has 6 nitrogen and oxygen atoms in total. The van der Waals surface area contributed by atoms with E-state index in [1.165, 1.54) is 5.56 Å². The molecule has 0 atom stereocenters. The molecule has 0 unspecified atom stereocenters. The SMILES string of the molecule is Cc1csc(-c2cc(C(=O)NCCCn3ccnc3)no2)c1. The van der Waals surface area contributed by atoms with E-state index >= 15 is 0 Å². The fraction of sp³-hybridized carbons (Fsp3) is 0.267. The highest BCUT2D eigenvalue weighted by molar-refractivity contribution is 7.13. The first kappa shape index (κ1) is 14.5. The van der Waals surface area contributed by atoms with Crippen LogP contribution in [0.5, 0.6) is 0 Å². The van der Waals surface area contributed by atoms with E-state index in [9.17, 15) is 4.79 Å². The van der Waals surface area contributed by atoms with E-state index in [-0.39, 0.29) is 5.91 Å². The van der Waals surface area contributed by atoms with Crippen molar-refractivity contribution in [2.24, 2.45) is 0 Å². The molecule has 0 aliphatic rings. The van der Waals surface area contributed by atoms with Crippen molar-refractivity contribution in [1.29, 1.82) is 0 Å². The zero-order valence-electron chi connectivity index (χ0n) is 12.2. The van der Waals surface area contributed by atoms with Crippen LogP contribution < -0.4 is 5.32 Å². The Morgan fingerprint density at radius 3 is 3.09 bits per heavy atom. The van der Waals surface area contributed by atoms with Crippen LogP contribution in [0.15, 0.2) is 40.8 Å². The minimum absolute atomic E-state index is 0.214. The van der Waals surface area contributed by atoms with Crippen LogP contribution in [0.1, 0.15) is 22.5 Å². The predicted octanol–water partition coefficient (Wildman–Crippen LogP) is 2.73. The summed E-state index contributed by atoms with van der Waals surface area (Å²) in [6, 6.07) is 3.69. The quantitative estimate of drug-likeness (QED) is 0.710. The van der Waals surface area contributed by atoms with E-state index in [1.54, 1.807) is 29.9 Å². The third-order valence-corrected chi connectivity index (χ3v) is 4.22. The maximum atomic E-state index is 12.0. The van der Waals surface area contributed by atoms with Crippen molar-refractivity contribution in [3.63, 3.8) is 0 Å². The van der Waals surface area contributed by atoms with Gasteiger partial charge in [-0.25, -0.2) is 4.98 Å². The molecular weight excluding hydrogens is 300 g/mol. The monoisotopic (exact) mass is 316 g/mol. The lowest BCUT2D eigenvalue weighted by atomic mass is 10.3. The molecule has 0 saturated heterocycles. The van der Waals surface area contributed by atoms with Gasteiger partial charge in [0.25, 0.3) is 5.91 Å². The number of imidazole rings is 1. The van der Waals surface area contributed by atoms with E-state index in [4.69, 9.17) is 4.52 Å². The highest BCUT2D eigenvalue weighted by Crippen LogP contribution is 2.27. The standard InChI is InChI=1S/C15H16N4O2S/c1-11-7-14(22-9-11)13-8-12(18-21-13)15(20)17-3-2-5-19-6-4-16-10-19/h4,6-10H,2-3,5H2,1H3,(H,17,20). The second-order valence-corrected chi connectivity index (χ2v) is 5.89. The third kappa shape index (κ3) is 3.43. The van der Waals surface area contributed by atoms with Gasteiger partial charge in [-0.2, -0.15) is 0 Å². The van der Waals surface area contributed by atoms with Crippen LogP contribution in [-0.2, 0) is 6.54 Å². The number of aromatic nitrogens is 3. The van der Waals surface area contributed by atoms with Gasteiger partial charge in [0.05, 0.1) is 11.2 Å². The molecule has 0 aliphatic heterocycles. The summed E-state index contributed by atoms with van der Waals surface area (Å²) in [5.41, 5.74) is 1.48. The zero-order valence-corrected chi connectivity index (χ0v) is 13.0. The molecule has 0 fully saturated rings. The lowest BCUT2D eigenvalue weighted by molar-refractivity contribution is 0.0944. The Balaban J connectivity index is 1.51. The van der Waals surface area contributed by atoms with Gasteiger partial charge in [0, 0.05) is 31.5 Å². The Bertz CT molecular complexity index is 745. The van der Waals surface area contributed by atoms with Gasteiger partial charge in [0.15, 0.2) is 11.5 Å². The first-order valence-electron chi connectivity index (χ1n) is 6.98. The average molecular weight is 316 g/mol. The second-order valence-electron chi connectivity index (χ2n) is 4.97. The maximum Gasteiger partial charge on any atom is 0.273 e. The van der Waals surface area contributed by atoms with Gasteiger partial charge in [-0.3, -0.25) is 4.79 Å². The molecule has 114 valence electrons. The summed E-state index contributed by atoms with van der Waals surface area (Å²) in [4.78, 5) is 17.0. The number of carbonyl (C=O) groups excluding carboxylic acids is 1. The van der Waals surface area contributed by atoms with Gasteiger partial charge < -0.3 is 14.4 Å². The van der Waals surface area contributed by atoms with Gasteiger partial charge in [-0.05, 0) is 30.4 Å². The molecule has 1 amide bonds. The zero-order chi connectivity index (χ0) is 15.4. The Morgan fingerprint density at radius 1 is 1.45 bits per heavy atom. The van der Waals surface area contributed by atoms with Crippen LogP contribution in [0.4, 0.5) is 0 Å². The molecule has 0 aromatic carbocycles. The van der Waals surface area contributed by atoms with Crippen LogP contribution in [0.25, 0.3) is 10.6 Å². The topological polar surface area (TPSA) is 73.0 Å². The first-order chi connectivity index (χ1) is 10.7. The van der Waals surface area contributed by atoms with E-state index in [0.29, 0.717) is 18.0 Å². The molecule has 0 radical (unpaired) electrons. The minimum atomic E-state index is -0.214. The Morgan fingerprint density at radius 2 is 2.36 bits per heavy atom. The van der Waals surface area contributed by atoms with Crippen LogP contribution in [0, 0.1) is 6.92 Å². The molecule has 0 saturated carbocycles. The normalized spacial score (nSPS) is 10.8. The summed E-state index contributed by atoms with van der Waals surface area (Å²) < 4.78 is 7.21. The number of amides is 1. The number of aryl methyl sites for hydroxylation is 2. The Labute approximate surface area is 131 Å². The summed E-state index contributed by atoms with van der Waals surface area (Å²) in [7, 11) is 0. The molecule has 0 aliphatic carbocycles. The predicted molar refractivity (Wildman–Crippen MR) is 83.7 cm³/mol. The van der Waals surface area contributed by atoms with Crippen LogP contribution >= 0.6 is 11.3 Å². The van der Waals surface area contributed by atoms with Crippen molar-refractivity contribution in [1.82, 2.24) is 20.0 Å². The smallest absolute Gasteiger partial charge is 0.273 e. The van der Waals surface area contributed by atoms with Crippen molar-refractivity contribution in [3.8, 4) is 10.6 Å². The average Bonchev–Trinajstić information content (AvgIpc) is 3.24. The fourth-order valence-corrected chi connectivity index (χ4v) is 2.88. The summed E-state index contributed by atoms with van der Waals surface area (Å²) >= 11 is 1.57. The summed E-state index contributed by atoms with van der Waals surface area (Å²) in [6.45, 7) is 3.42. The third-order valence-electron chi connectivity index (χ3n) is 3.15. The largest absolute Gasteiger partial charge is 0.355 e. The molecule has 1 N–H and O–H groups in total. The van der Waals surface area contributed by atoms with Gasteiger partial charge in [-0.1, -0.05) is 5.16 Å². The number of nitrogens with zero attached hydrogens (tertiary/aromatic N) is 3. The van der Waals surface area contributed by atoms with E-state index in [1.807, 2.05) is 29.1 Å². The Hall–Kier alpha value is -2.41. The van der Waals surface area contributed by atoms with Gasteiger partial charge in [0.1, 0.15) is 0 Å². The molecular formula is C15H16N4O2S. The van der Waals surface area contributed by atoms with Crippen molar-refractivity contribution < 1.29 is 9.32 Å². The number of rotatable bonds is 6. The van der Waals surface area contributed by atoms with Gasteiger partial charge in [-0.15, -0.1) is 11.3 Å². The second kappa shape index (κ2) is 6.57. The summed E-state index contributed by atoms with van der Waals surface area (Å²) in [6.07, 6.45) is 6.22. The minimum Gasteiger partial charge on any atom is -0.355 e. The molecule has 3 rings (SSSR count). The summed E-state index contributed by atoms with van der Waals surface area (Å²) in [5.74, 6) is 0.413. The molecule has 22 heavy (non-hydrogen) atoms. The van der Waals surface area contributed by atoms with Gasteiger partial charge in [0.2, 0.25) is 0 Å². The lowest BCUT2D eigenvalue weighted by Gasteiger charge is -2.03. The molecule has 0 bridgehead atoms. The Kier molecular flexibility index (Phi) is 4.34. The number of thiophene rings is 1. The van der Waals surface area contributed by atoms with E-state index in [2.05, 4.69) is 15.5 Å². The number of carbonyl (C=O) groups is 1. The van der Waals surface area contributed by atoms with Crippen LogP contribution in [-0.4, -0.2) is 27.2 Å². The lowest BCUT2D eigenvalue weighted by Crippen LogP contribution is -2.25. The van der Waals surface area contributed by atoms with Gasteiger partial charge >= 0.3 is 0 Å². The van der Waals surface area contributed by atoms with E-state index in [0.717, 1.165) is 17.8 Å². The van der Waals surface area contributed by atoms with E-state index < -0.39 is 0 Å². The number of nitrogens with one attached hydrogen (secondary N) is 1. The molecule has 0 spiro atoms. The summed E-state index contributed by atoms with van der Waals surface area (Å²) in [5, 5.41) is 8.71. The molecule has 3 aromatic heterocycles. The molecule has 7 heteroatoms. The van der Waals surface area contributed by atoms with Crippen molar-refractivity contribution >= 4 is 17.2 Å².